The second-order valence-corrected chi connectivity index (χ2v) is 6.23. The van der Waals surface area contributed by atoms with E-state index in [2.05, 4.69) is 10.7 Å². The number of amides is 3. The highest BCUT2D eigenvalue weighted by atomic mass is 16.5. The zero-order chi connectivity index (χ0) is 19.9. The van der Waals surface area contributed by atoms with Crippen molar-refractivity contribution in [1.82, 2.24) is 10.4 Å². The third-order valence-corrected chi connectivity index (χ3v) is 4.13. The van der Waals surface area contributed by atoms with Gasteiger partial charge in [-0.1, -0.05) is 36.4 Å². The van der Waals surface area contributed by atoms with Gasteiger partial charge < -0.3 is 10.1 Å². The Hall–Kier alpha value is -3.68. The summed E-state index contributed by atoms with van der Waals surface area (Å²) in [5, 5.41) is 3.70. The molecule has 2 aromatic rings. The number of hydrazine groups is 1. The molecule has 3 amide bonds. The average molecular weight is 381 g/mol. The Morgan fingerprint density at radius 2 is 1.64 bits per heavy atom. The zero-order valence-corrected chi connectivity index (χ0v) is 15.0. The number of nitrogens with one attached hydrogen (secondary N) is 2. The topological polar surface area (TPSA) is 105 Å². The van der Waals surface area contributed by atoms with E-state index in [0.717, 1.165) is 5.01 Å². The lowest BCUT2D eigenvalue weighted by molar-refractivity contribution is -0.151. The van der Waals surface area contributed by atoms with E-state index in [9.17, 15) is 19.2 Å². The van der Waals surface area contributed by atoms with Crippen molar-refractivity contribution >= 4 is 29.4 Å². The number of rotatable bonds is 6. The Kier molecular flexibility index (Phi) is 6.01. The summed E-state index contributed by atoms with van der Waals surface area (Å²) in [6.07, 6.45) is -0.0891. The highest BCUT2D eigenvalue weighted by Crippen LogP contribution is 2.18. The molecule has 8 heteroatoms. The first-order chi connectivity index (χ1) is 13.5. The van der Waals surface area contributed by atoms with Crippen molar-refractivity contribution in [1.29, 1.82) is 0 Å². The van der Waals surface area contributed by atoms with Crippen LogP contribution in [0.15, 0.2) is 60.7 Å². The number of anilines is 1. The van der Waals surface area contributed by atoms with E-state index in [-0.39, 0.29) is 18.9 Å². The van der Waals surface area contributed by atoms with Gasteiger partial charge in [0.05, 0.1) is 12.5 Å². The summed E-state index contributed by atoms with van der Waals surface area (Å²) in [4.78, 5) is 48.2. The van der Waals surface area contributed by atoms with E-state index in [1.165, 1.54) is 0 Å². The van der Waals surface area contributed by atoms with Gasteiger partial charge in [-0.2, -0.15) is 0 Å². The first kappa shape index (κ1) is 19.1. The normalized spacial score (nSPS) is 15.8. The molecule has 0 saturated carbocycles. The van der Waals surface area contributed by atoms with Crippen molar-refractivity contribution in [3.8, 4) is 0 Å². The van der Waals surface area contributed by atoms with Crippen molar-refractivity contribution < 1.29 is 23.9 Å². The summed E-state index contributed by atoms with van der Waals surface area (Å²) < 4.78 is 5.00. The van der Waals surface area contributed by atoms with E-state index in [1.54, 1.807) is 54.6 Å². The van der Waals surface area contributed by atoms with Crippen LogP contribution in [-0.2, 0) is 19.1 Å². The molecule has 0 spiro atoms. The van der Waals surface area contributed by atoms with Crippen LogP contribution in [0.4, 0.5) is 5.69 Å². The molecular formula is C20H19N3O5. The molecule has 0 radical (unpaired) electrons. The van der Waals surface area contributed by atoms with Gasteiger partial charge >= 0.3 is 5.97 Å². The molecule has 0 unspecified atom stereocenters. The Morgan fingerprint density at radius 3 is 2.32 bits per heavy atom. The number of carbonyl (C=O) groups is 4. The summed E-state index contributed by atoms with van der Waals surface area (Å²) in [6, 6.07) is 17.2. The van der Waals surface area contributed by atoms with Crippen LogP contribution in [0.25, 0.3) is 0 Å². The van der Waals surface area contributed by atoms with Crippen LogP contribution in [0.2, 0.25) is 0 Å². The molecule has 1 fully saturated rings. The monoisotopic (exact) mass is 381 g/mol. The second kappa shape index (κ2) is 8.81. The molecule has 1 atom stereocenters. The van der Waals surface area contributed by atoms with Crippen LogP contribution in [0.3, 0.4) is 0 Å². The van der Waals surface area contributed by atoms with Gasteiger partial charge in [-0.25, -0.2) is 0 Å². The second-order valence-electron chi connectivity index (χ2n) is 6.23. The van der Waals surface area contributed by atoms with Crippen LogP contribution in [-0.4, -0.2) is 41.9 Å². The van der Waals surface area contributed by atoms with E-state index in [4.69, 9.17) is 4.74 Å². The van der Waals surface area contributed by atoms with Crippen LogP contribution in [0.5, 0.6) is 0 Å². The minimum atomic E-state index is -0.743. The molecule has 28 heavy (non-hydrogen) atoms. The minimum absolute atomic E-state index is 0.00343. The molecule has 0 bridgehead atoms. The van der Waals surface area contributed by atoms with Crippen LogP contribution < -0.4 is 10.7 Å². The molecular weight excluding hydrogens is 362 g/mol. The summed E-state index contributed by atoms with van der Waals surface area (Å²) >= 11 is 0. The molecule has 8 nitrogen and oxygen atoms in total. The summed E-state index contributed by atoms with van der Waals surface area (Å²) in [7, 11) is 0. The van der Waals surface area contributed by atoms with Crippen molar-refractivity contribution in [2.75, 3.05) is 18.5 Å². The van der Waals surface area contributed by atoms with E-state index >= 15 is 0 Å². The molecule has 0 aromatic heterocycles. The van der Waals surface area contributed by atoms with Crippen LogP contribution in [0.1, 0.15) is 16.8 Å². The molecule has 3 rings (SSSR count). The number of nitrogens with zero attached hydrogens (tertiary/aromatic N) is 1. The molecule has 2 N–H and O–H groups in total. The first-order valence-electron chi connectivity index (χ1n) is 8.71. The summed E-state index contributed by atoms with van der Waals surface area (Å²) in [5.74, 6) is -2.70. The number of carbonyl (C=O) groups excluding carboxylic acids is 4. The van der Waals surface area contributed by atoms with Gasteiger partial charge in [-0.05, 0) is 24.3 Å². The van der Waals surface area contributed by atoms with E-state index < -0.39 is 30.3 Å². The quantitative estimate of drug-likeness (QED) is 0.735. The fourth-order valence-corrected chi connectivity index (χ4v) is 2.72. The fourth-order valence-electron chi connectivity index (χ4n) is 2.72. The van der Waals surface area contributed by atoms with Crippen LogP contribution in [0, 0.1) is 5.92 Å². The predicted molar refractivity (Wildman–Crippen MR) is 99.8 cm³/mol. The van der Waals surface area contributed by atoms with Crippen molar-refractivity contribution in [3.05, 3.63) is 66.2 Å². The van der Waals surface area contributed by atoms with Gasteiger partial charge in [-0.15, -0.1) is 0 Å². The molecule has 0 aliphatic carbocycles. The Labute approximate surface area is 161 Å². The summed E-state index contributed by atoms with van der Waals surface area (Å²) in [6.45, 7) is -0.453. The SMILES string of the molecule is O=C(COC(=O)[C@H]1CC(=O)N(NC(=O)c2ccccc2)C1)Nc1ccccc1. The molecule has 1 saturated heterocycles. The molecule has 1 aliphatic heterocycles. The lowest BCUT2D eigenvalue weighted by atomic mass is 10.1. The number of esters is 1. The van der Waals surface area contributed by atoms with Gasteiger partial charge in [-0.3, -0.25) is 29.6 Å². The van der Waals surface area contributed by atoms with Gasteiger partial charge in [0.2, 0.25) is 5.91 Å². The Morgan fingerprint density at radius 1 is 1.00 bits per heavy atom. The maximum absolute atomic E-state index is 12.2. The van der Waals surface area contributed by atoms with Gasteiger partial charge in [0, 0.05) is 17.7 Å². The summed E-state index contributed by atoms with van der Waals surface area (Å²) in [5.41, 5.74) is 3.48. The largest absolute Gasteiger partial charge is 0.455 e. The maximum atomic E-state index is 12.2. The molecule has 2 aromatic carbocycles. The van der Waals surface area contributed by atoms with Crippen LogP contribution >= 0.6 is 0 Å². The Balaban J connectivity index is 1.47. The van der Waals surface area contributed by atoms with E-state index in [0.29, 0.717) is 11.3 Å². The number of hydrogen-bond acceptors (Lipinski definition) is 5. The standard InChI is InChI=1S/C20H19N3O5/c24-17(21-16-9-5-2-6-10-16)13-28-20(27)15-11-18(25)23(12-15)22-19(26)14-7-3-1-4-8-14/h1-10,15H,11-13H2,(H,21,24)(H,22,26)/t15-/m0/s1. The van der Waals surface area contributed by atoms with Crippen molar-refractivity contribution in [2.45, 2.75) is 6.42 Å². The van der Waals surface area contributed by atoms with Gasteiger partial charge in [0.1, 0.15) is 0 Å². The number of hydrogen-bond donors (Lipinski definition) is 2. The smallest absolute Gasteiger partial charge is 0.311 e. The lowest BCUT2D eigenvalue weighted by Gasteiger charge is -2.17. The van der Waals surface area contributed by atoms with E-state index in [1.807, 2.05) is 6.07 Å². The highest BCUT2D eigenvalue weighted by molar-refractivity contribution is 5.97. The van der Waals surface area contributed by atoms with Crippen molar-refractivity contribution in [2.24, 2.45) is 5.92 Å². The molecule has 1 heterocycles. The maximum Gasteiger partial charge on any atom is 0.311 e. The zero-order valence-electron chi connectivity index (χ0n) is 15.0. The third kappa shape index (κ3) is 4.94. The van der Waals surface area contributed by atoms with Gasteiger partial charge in [0.15, 0.2) is 6.61 Å². The number of para-hydroxylation sites is 1. The highest BCUT2D eigenvalue weighted by Gasteiger charge is 2.36. The first-order valence-corrected chi connectivity index (χ1v) is 8.71. The third-order valence-electron chi connectivity index (χ3n) is 4.13. The fraction of sp³-hybridized carbons (Fsp3) is 0.200. The minimum Gasteiger partial charge on any atom is -0.455 e. The van der Waals surface area contributed by atoms with Gasteiger partial charge in [0.25, 0.3) is 11.8 Å². The number of ether oxygens (including phenoxy) is 1. The molecule has 144 valence electrons. The lowest BCUT2D eigenvalue weighted by Crippen LogP contribution is -2.43. The average Bonchev–Trinajstić information content (AvgIpc) is 3.08. The Bertz CT molecular complexity index is 870. The number of benzene rings is 2. The molecule has 1 aliphatic rings. The predicted octanol–water partition coefficient (Wildman–Crippen LogP) is 1.36. The van der Waals surface area contributed by atoms with Crippen molar-refractivity contribution in [3.63, 3.8) is 0 Å².